The maximum Gasteiger partial charge on any atom is 0.0459 e. The van der Waals surface area contributed by atoms with E-state index in [1.165, 1.54) is 23.4 Å². The van der Waals surface area contributed by atoms with E-state index >= 15 is 0 Å². The number of para-hydroxylation sites is 1. The topological polar surface area (TPSA) is 4.93 Å². The molecule has 0 atom stereocenters. The predicted molar refractivity (Wildman–Crippen MR) is 91.7 cm³/mol. The normalized spacial score (nSPS) is 11.8. The summed E-state index contributed by atoms with van der Waals surface area (Å²) in [6.07, 6.45) is 4.86. The van der Waals surface area contributed by atoms with Crippen molar-refractivity contribution >= 4 is 13.4 Å². The molecular weight excluding hydrogens is 261 g/mol. The second-order valence-corrected chi connectivity index (χ2v) is 8.53. The summed E-state index contributed by atoms with van der Waals surface area (Å²) in [7, 11) is -0.0791. The van der Waals surface area contributed by atoms with E-state index < -0.39 is 0 Å². The van der Waals surface area contributed by atoms with E-state index in [4.69, 9.17) is 0 Å². The Morgan fingerprint density at radius 1 is 0.850 bits per heavy atom. The van der Waals surface area contributed by atoms with Crippen molar-refractivity contribution in [2.45, 2.75) is 27.7 Å². The number of aromatic nitrogens is 1. The lowest BCUT2D eigenvalue weighted by molar-refractivity contribution is 0.720. The SMILES string of the molecule is CC(C)CP(CC(C)C)c1cccn1-c1ccccc1. The molecule has 0 saturated carbocycles. The van der Waals surface area contributed by atoms with Gasteiger partial charge in [0, 0.05) is 17.3 Å². The Bertz CT molecular complexity index is 503. The molecule has 1 heterocycles. The van der Waals surface area contributed by atoms with Crippen LogP contribution in [0.1, 0.15) is 27.7 Å². The highest BCUT2D eigenvalue weighted by Gasteiger charge is 2.18. The maximum atomic E-state index is 2.39. The molecule has 0 amide bonds. The zero-order chi connectivity index (χ0) is 14.5. The van der Waals surface area contributed by atoms with Crippen molar-refractivity contribution in [3.63, 3.8) is 0 Å². The van der Waals surface area contributed by atoms with Crippen LogP contribution in [0.15, 0.2) is 48.7 Å². The van der Waals surface area contributed by atoms with Gasteiger partial charge in [-0.25, -0.2) is 0 Å². The number of hydrogen-bond donors (Lipinski definition) is 0. The first kappa shape index (κ1) is 15.3. The van der Waals surface area contributed by atoms with Crippen LogP contribution in [0.5, 0.6) is 0 Å². The summed E-state index contributed by atoms with van der Waals surface area (Å²) in [6.45, 7) is 9.35. The number of nitrogens with zero attached hydrogens (tertiary/aromatic N) is 1. The third kappa shape index (κ3) is 3.96. The summed E-state index contributed by atoms with van der Waals surface area (Å²) in [4.78, 5) is 0. The van der Waals surface area contributed by atoms with Crippen LogP contribution < -0.4 is 5.44 Å². The van der Waals surface area contributed by atoms with Crippen LogP contribution in [0.2, 0.25) is 0 Å². The van der Waals surface area contributed by atoms with Crippen molar-refractivity contribution in [2.24, 2.45) is 11.8 Å². The summed E-state index contributed by atoms with van der Waals surface area (Å²) in [5.41, 5.74) is 2.81. The molecule has 2 rings (SSSR count). The quantitative estimate of drug-likeness (QED) is 0.666. The average molecular weight is 287 g/mol. The molecule has 0 saturated heterocycles. The lowest BCUT2D eigenvalue weighted by atomic mass is 10.3. The molecule has 2 aromatic rings. The zero-order valence-corrected chi connectivity index (χ0v) is 14.0. The first-order chi connectivity index (χ1) is 9.58. The third-order valence-electron chi connectivity index (χ3n) is 3.26. The van der Waals surface area contributed by atoms with Crippen molar-refractivity contribution < 1.29 is 0 Å². The summed E-state index contributed by atoms with van der Waals surface area (Å²) in [5, 5.41) is 0. The fraction of sp³-hybridized carbons (Fsp3) is 0.444. The van der Waals surface area contributed by atoms with Crippen LogP contribution >= 0.6 is 7.92 Å². The van der Waals surface area contributed by atoms with Gasteiger partial charge in [0.15, 0.2) is 0 Å². The Morgan fingerprint density at radius 3 is 2.00 bits per heavy atom. The molecule has 0 spiro atoms. The number of hydrogen-bond acceptors (Lipinski definition) is 0. The predicted octanol–water partition coefficient (Wildman–Crippen LogP) is 4.90. The molecule has 20 heavy (non-hydrogen) atoms. The van der Waals surface area contributed by atoms with Crippen LogP contribution in [-0.4, -0.2) is 16.9 Å². The molecule has 1 nitrogen and oxygen atoms in total. The van der Waals surface area contributed by atoms with E-state index in [2.05, 4.69) is 80.9 Å². The van der Waals surface area contributed by atoms with Gasteiger partial charge in [-0.2, -0.15) is 0 Å². The lowest BCUT2D eigenvalue weighted by Gasteiger charge is -2.23. The third-order valence-corrected chi connectivity index (χ3v) is 6.61. The maximum absolute atomic E-state index is 2.39. The Kier molecular flexibility index (Phi) is 5.43. The molecule has 108 valence electrons. The van der Waals surface area contributed by atoms with Crippen molar-refractivity contribution in [2.75, 3.05) is 12.3 Å². The summed E-state index contributed by atoms with van der Waals surface area (Å²) in [6, 6.07) is 15.2. The molecule has 0 fully saturated rings. The van der Waals surface area contributed by atoms with Gasteiger partial charge in [-0.05, 0) is 48.4 Å². The van der Waals surface area contributed by atoms with Gasteiger partial charge in [0.05, 0.1) is 0 Å². The molecule has 0 N–H and O–H groups in total. The van der Waals surface area contributed by atoms with Crippen molar-refractivity contribution in [1.29, 1.82) is 0 Å². The van der Waals surface area contributed by atoms with Crippen LogP contribution in [-0.2, 0) is 0 Å². The highest BCUT2D eigenvalue weighted by molar-refractivity contribution is 7.65. The van der Waals surface area contributed by atoms with E-state index in [0.717, 1.165) is 11.8 Å². The fourth-order valence-electron chi connectivity index (χ4n) is 2.58. The summed E-state index contributed by atoms with van der Waals surface area (Å²) < 4.78 is 2.39. The summed E-state index contributed by atoms with van der Waals surface area (Å²) in [5.74, 6) is 1.53. The molecule has 0 aliphatic carbocycles. The van der Waals surface area contributed by atoms with Gasteiger partial charge in [-0.1, -0.05) is 53.8 Å². The molecule has 0 aliphatic heterocycles. The van der Waals surface area contributed by atoms with Crippen LogP contribution in [0, 0.1) is 11.8 Å². The molecule has 1 aromatic carbocycles. The second kappa shape index (κ2) is 7.09. The zero-order valence-electron chi connectivity index (χ0n) is 13.1. The van der Waals surface area contributed by atoms with Gasteiger partial charge in [0.25, 0.3) is 0 Å². The largest absolute Gasteiger partial charge is 0.317 e. The Balaban J connectivity index is 2.32. The fourth-order valence-corrected chi connectivity index (χ4v) is 5.65. The van der Waals surface area contributed by atoms with Gasteiger partial charge in [-0.15, -0.1) is 0 Å². The summed E-state index contributed by atoms with van der Waals surface area (Å²) >= 11 is 0. The van der Waals surface area contributed by atoms with Crippen LogP contribution in [0.3, 0.4) is 0 Å². The van der Waals surface area contributed by atoms with E-state index in [1.807, 2.05) is 0 Å². The van der Waals surface area contributed by atoms with E-state index in [-0.39, 0.29) is 7.92 Å². The number of benzene rings is 1. The van der Waals surface area contributed by atoms with Gasteiger partial charge in [0.2, 0.25) is 0 Å². The Labute approximate surface area is 124 Å². The average Bonchev–Trinajstić information content (AvgIpc) is 2.87. The second-order valence-electron chi connectivity index (χ2n) is 6.26. The molecular formula is C18H26NP. The first-order valence-electron chi connectivity index (χ1n) is 7.55. The van der Waals surface area contributed by atoms with Crippen molar-refractivity contribution in [3.05, 3.63) is 48.7 Å². The minimum atomic E-state index is -0.0791. The van der Waals surface area contributed by atoms with Crippen LogP contribution in [0.25, 0.3) is 5.69 Å². The molecule has 0 bridgehead atoms. The minimum Gasteiger partial charge on any atom is -0.317 e. The molecule has 0 aliphatic rings. The Morgan fingerprint density at radius 2 is 1.45 bits per heavy atom. The van der Waals surface area contributed by atoms with Crippen LogP contribution in [0.4, 0.5) is 0 Å². The highest BCUT2D eigenvalue weighted by Crippen LogP contribution is 2.39. The smallest absolute Gasteiger partial charge is 0.0459 e. The van der Waals surface area contributed by atoms with Crippen molar-refractivity contribution in [1.82, 2.24) is 4.57 Å². The standard InChI is InChI=1S/C18H26NP/c1-15(2)13-20(14-16(3)4)18-11-8-12-19(18)17-9-6-5-7-10-17/h5-12,15-16H,13-14H2,1-4H3. The number of rotatable bonds is 6. The van der Waals surface area contributed by atoms with Gasteiger partial charge in [-0.3, -0.25) is 0 Å². The monoisotopic (exact) mass is 287 g/mol. The molecule has 0 unspecified atom stereocenters. The lowest BCUT2D eigenvalue weighted by Crippen LogP contribution is -2.19. The van der Waals surface area contributed by atoms with E-state index in [9.17, 15) is 0 Å². The Hall–Kier alpha value is -1.07. The van der Waals surface area contributed by atoms with E-state index in [0.29, 0.717) is 0 Å². The van der Waals surface area contributed by atoms with Crippen molar-refractivity contribution in [3.8, 4) is 5.69 Å². The molecule has 1 aromatic heterocycles. The minimum absolute atomic E-state index is 0.0791. The van der Waals surface area contributed by atoms with E-state index in [1.54, 1.807) is 0 Å². The van der Waals surface area contributed by atoms with Gasteiger partial charge >= 0.3 is 0 Å². The van der Waals surface area contributed by atoms with Gasteiger partial charge in [0.1, 0.15) is 0 Å². The first-order valence-corrected chi connectivity index (χ1v) is 9.27. The molecule has 2 heteroatoms. The molecule has 0 radical (unpaired) electrons. The highest BCUT2D eigenvalue weighted by atomic mass is 31.1. The van der Waals surface area contributed by atoms with Gasteiger partial charge < -0.3 is 4.57 Å².